The van der Waals surface area contributed by atoms with Gasteiger partial charge < -0.3 is 0 Å². The highest BCUT2D eigenvalue weighted by Gasteiger charge is 2.01. The Morgan fingerprint density at radius 2 is 1.65 bits per heavy atom. The molecule has 0 aliphatic carbocycles. The Kier molecular flexibility index (Phi) is 2.37. The predicted octanol–water partition coefficient (Wildman–Crippen LogP) is 4.21. The van der Waals surface area contributed by atoms with Crippen LogP contribution >= 0.6 is 0 Å². The molecule has 0 unspecified atom stereocenters. The summed E-state index contributed by atoms with van der Waals surface area (Å²) < 4.78 is 0. The fourth-order valence-corrected chi connectivity index (χ4v) is 2.14. The van der Waals surface area contributed by atoms with Crippen LogP contribution in [0.2, 0.25) is 0 Å². The van der Waals surface area contributed by atoms with Crippen LogP contribution in [-0.4, -0.2) is 4.98 Å². The van der Waals surface area contributed by atoms with Gasteiger partial charge in [-0.25, -0.2) is 0 Å². The number of nitrogens with zero attached hydrogens (tertiary/aromatic N) is 1. The number of pyridine rings is 1. The molecule has 0 spiro atoms. The molecule has 17 heavy (non-hydrogen) atoms. The molecule has 3 rings (SSSR count). The van der Waals surface area contributed by atoms with Gasteiger partial charge in [0.1, 0.15) is 0 Å². The largest absolute Gasteiger partial charge is 0.261 e. The number of hydrogen-bond donors (Lipinski definition) is 0. The zero-order valence-electron chi connectivity index (χ0n) is 9.72. The molecule has 0 saturated carbocycles. The van der Waals surface area contributed by atoms with Gasteiger partial charge in [0, 0.05) is 17.3 Å². The van der Waals surface area contributed by atoms with E-state index in [2.05, 4.69) is 53.5 Å². The van der Waals surface area contributed by atoms with E-state index in [1.165, 1.54) is 21.9 Å². The Morgan fingerprint density at radius 3 is 2.47 bits per heavy atom. The van der Waals surface area contributed by atoms with Crippen molar-refractivity contribution in [3.05, 3.63) is 66.5 Å². The van der Waals surface area contributed by atoms with E-state index in [-0.39, 0.29) is 0 Å². The van der Waals surface area contributed by atoms with Crippen molar-refractivity contribution in [2.24, 2.45) is 0 Å². The molecule has 2 aromatic carbocycles. The minimum Gasteiger partial charge on any atom is -0.261 e. The highest BCUT2D eigenvalue weighted by atomic mass is 14.7. The second-order valence-corrected chi connectivity index (χ2v) is 4.20. The van der Waals surface area contributed by atoms with Crippen molar-refractivity contribution in [3.8, 4) is 11.1 Å². The first-order valence-electron chi connectivity index (χ1n) is 5.75. The second-order valence-electron chi connectivity index (χ2n) is 4.20. The van der Waals surface area contributed by atoms with Crippen LogP contribution in [0.5, 0.6) is 0 Å². The Hall–Kier alpha value is -2.15. The van der Waals surface area contributed by atoms with Crippen molar-refractivity contribution in [2.45, 2.75) is 6.92 Å². The van der Waals surface area contributed by atoms with Crippen LogP contribution in [-0.2, 0) is 0 Å². The molecule has 0 bridgehead atoms. The van der Waals surface area contributed by atoms with E-state index < -0.39 is 0 Å². The van der Waals surface area contributed by atoms with Crippen LogP contribution in [0, 0.1) is 6.92 Å². The first-order chi connectivity index (χ1) is 8.34. The number of benzene rings is 2. The molecule has 0 saturated heterocycles. The van der Waals surface area contributed by atoms with Gasteiger partial charge in [-0.15, -0.1) is 0 Å². The molecule has 0 N–H and O–H groups in total. The van der Waals surface area contributed by atoms with Crippen molar-refractivity contribution in [1.29, 1.82) is 0 Å². The maximum atomic E-state index is 4.31. The molecule has 3 aromatic rings. The van der Waals surface area contributed by atoms with Crippen LogP contribution < -0.4 is 0 Å². The van der Waals surface area contributed by atoms with Crippen LogP contribution in [0.4, 0.5) is 0 Å². The molecule has 0 aliphatic rings. The summed E-state index contributed by atoms with van der Waals surface area (Å²) >= 11 is 0. The lowest BCUT2D eigenvalue weighted by Crippen LogP contribution is -1.84. The Morgan fingerprint density at radius 1 is 0.824 bits per heavy atom. The summed E-state index contributed by atoms with van der Waals surface area (Å²) in [5.41, 5.74) is 3.59. The number of aryl methyl sites for hydroxylation is 1. The number of fused-ring (bicyclic) bond motifs is 1. The lowest BCUT2D eigenvalue weighted by molar-refractivity contribution is 1.24. The third kappa shape index (κ3) is 1.80. The molecule has 0 atom stereocenters. The first kappa shape index (κ1) is 10.0. The van der Waals surface area contributed by atoms with Gasteiger partial charge in [0.2, 0.25) is 0 Å². The summed E-state index contributed by atoms with van der Waals surface area (Å²) in [6.45, 7) is 2.05. The van der Waals surface area contributed by atoms with E-state index in [0.717, 1.165) is 5.69 Å². The molecule has 1 heteroatoms. The Balaban J connectivity index is 2.21. The van der Waals surface area contributed by atoms with Gasteiger partial charge >= 0.3 is 0 Å². The average Bonchev–Trinajstić information content (AvgIpc) is 2.40. The van der Waals surface area contributed by atoms with Crippen molar-refractivity contribution in [3.63, 3.8) is 0 Å². The summed E-state index contributed by atoms with van der Waals surface area (Å²) in [7, 11) is 0. The smallest absolute Gasteiger partial charge is 0.0450 e. The summed E-state index contributed by atoms with van der Waals surface area (Å²) in [6, 6.07) is 19.0. The third-order valence-electron chi connectivity index (χ3n) is 3.07. The molecule has 1 aromatic heterocycles. The molecule has 1 nitrogen and oxygen atoms in total. The topological polar surface area (TPSA) is 12.9 Å². The summed E-state index contributed by atoms with van der Waals surface area (Å²) in [6.07, 6.45) is 1.87. The van der Waals surface area contributed by atoms with E-state index in [1.54, 1.807) is 0 Å². The lowest BCUT2D eigenvalue weighted by atomic mass is 10.0. The van der Waals surface area contributed by atoms with E-state index in [0.29, 0.717) is 0 Å². The molecule has 0 fully saturated rings. The van der Waals surface area contributed by atoms with E-state index in [9.17, 15) is 0 Å². The molecule has 0 aliphatic heterocycles. The molecule has 82 valence electrons. The monoisotopic (exact) mass is 219 g/mol. The third-order valence-corrected chi connectivity index (χ3v) is 3.07. The van der Waals surface area contributed by atoms with Gasteiger partial charge in [0.05, 0.1) is 0 Å². The highest BCUT2D eigenvalue weighted by Crippen LogP contribution is 2.24. The Bertz CT molecular complexity index is 657. The van der Waals surface area contributed by atoms with Crippen molar-refractivity contribution in [2.75, 3.05) is 0 Å². The molecular weight excluding hydrogens is 206 g/mol. The molecule has 1 heterocycles. The minimum absolute atomic E-state index is 1.09. The van der Waals surface area contributed by atoms with Crippen molar-refractivity contribution in [1.82, 2.24) is 4.98 Å². The molecule has 0 amide bonds. The first-order valence-corrected chi connectivity index (χ1v) is 5.75. The van der Waals surface area contributed by atoms with Gasteiger partial charge in [-0.1, -0.05) is 42.5 Å². The Labute approximate surface area is 101 Å². The standard InChI is InChI=1S/C16H13N/c1-12-16-8-7-14(11-15(16)9-10-17-12)13-5-3-2-4-6-13/h2-11H,1H3. The number of rotatable bonds is 1. The second kappa shape index (κ2) is 4.02. The van der Waals surface area contributed by atoms with Crippen molar-refractivity contribution >= 4 is 10.8 Å². The van der Waals surface area contributed by atoms with E-state index in [1.807, 2.05) is 19.2 Å². The number of aromatic nitrogens is 1. The zero-order valence-corrected chi connectivity index (χ0v) is 9.72. The molecular formula is C16H13N. The van der Waals surface area contributed by atoms with Crippen LogP contribution in [0.25, 0.3) is 21.9 Å². The van der Waals surface area contributed by atoms with Gasteiger partial charge in [-0.05, 0) is 35.6 Å². The molecule has 0 radical (unpaired) electrons. The number of hydrogen-bond acceptors (Lipinski definition) is 1. The maximum Gasteiger partial charge on any atom is 0.0450 e. The summed E-state index contributed by atoms with van der Waals surface area (Å²) in [5.74, 6) is 0. The minimum atomic E-state index is 1.09. The normalized spacial score (nSPS) is 10.6. The van der Waals surface area contributed by atoms with Crippen molar-refractivity contribution < 1.29 is 0 Å². The fourth-order valence-electron chi connectivity index (χ4n) is 2.14. The quantitative estimate of drug-likeness (QED) is 0.597. The maximum absolute atomic E-state index is 4.31. The fraction of sp³-hybridized carbons (Fsp3) is 0.0625. The highest BCUT2D eigenvalue weighted by molar-refractivity contribution is 5.88. The zero-order chi connectivity index (χ0) is 11.7. The summed E-state index contributed by atoms with van der Waals surface area (Å²) in [5, 5.41) is 2.48. The average molecular weight is 219 g/mol. The van der Waals surface area contributed by atoms with Crippen LogP contribution in [0.1, 0.15) is 5.69 Å². The van der Waals surface area contributed by atoms with E-state index in [4.69, 9.17) is 0 Å². The SMILES string of the molecule is Cc1nccc2cc(-c3ccccc3)ccc12. The van der Waals surface area contributed by atoms with Gasteiger partial charge in [0.25, 0.3) is 0 Å². The van der Waals surface area contributed by atoms with Gasteiger partial charge in [-0.3, -0.25) is 4.98 Å². The lowest BCUT2D eigenvalue weighted by Gasteiger charge is -2.05. The predicted molar refractivity (Wildman–Crippen MR) is 71.9 cm³/mol. The van der Waals surface area contributed by atoms with E-state index >= 15 is 0 Å². The van der Waals surface area contributed by atoms with Gasteiger partial charge in [0.15, 0.2) is 0 Å². The van der Waals surface area contributed by atoms with Crippen LogP contribution in [0.15, 0.2) is 60.8 Å². The summed E-state index contributed by atoms with van der Waals surface area (Å²) in [4.78, 5) is 4.31. The van der Waals surface area contributed by atoms with Gasteiger partial charge in [-0.2, -0.15) is 0 Å². The van der Waals surface area contributed by atoms with Crippen LogP contribution in [0.3, 0.4) is 0 Å².